The van der Waals surface area contributed by atoms with Crippen molar-refractivity contribution in [2.24, 2.45) is 5.92 Å². The Balaban J connectivity index is 2.09. The predicted molar refractivity (Wildman–Crippen MR) is 76.5 cm³/mol. The largest absolute Gasteiger partial charge is 0.497 e. The van der Waals surface area contributed by atoms with Gasteiger partial charge in [-0.3, -0.25) is 4.79 Å². The maximum Gasteiger partial charge on any atom is 0.140 e. The Bertz CT molecular complexity index is 434. The number of Topliss-reactive ketones (excluding diaryl/α,β-unsaturated/α-hetero) is 1. The van der Waals surface area contributed by atoms with Crippen LogP contribution in [0.2, 0.25) is 0 Å². The van der Waals surface area contributed by atoms with E-state index in [2.05, 4.69) is 28.7 Å². The van der Waals surface area contributed by atoms with E-state index in [-0.39, 0.29) is 5.92 Å². The number of benzene rings is 1. The highest BCUT2D eigenvalue weighted by molar-refractivity contribution is 14.1. The van der Waals surface area contributed by atoms with Crippen LogP contribution >= 0.6 is 22.6 Å². The Morgan fingerprint density at radius 1 is 1.29 bits per heavy atom. The maximum absolute atomic E-state index is 11.8. The molecule has 0 saturated heterocycles. The van der Waals surface area contributed by atoms with Gasteiger partial charge in [0.15, 0.2) is 0 Å². The number of carbonyl (C=O) groups is 1. The van der Waals surface area contributed by atoms with Crippen LogP contribution in [0.3, 0.4) is 0 Å². The first-order valence-electron chi connectivity index (χ1n) is 5.71. The lowest BCUT2D eigenvalue weighted by Gasteiger charge is -2.17. The third kappa shape index (κ3) is 3.31. The molecule has 0 heterocycles. The highest BCUT2D eigenvalue weighted by Crippen LogP contribution is 2.27. The highest BCUT2D eigenvalue weighted by Gasteiger charge is 2.21. The average Bonchev–Trinajstić information content (AvgIpc) is 2.35. The van der Waals surface area contributed by atoms with E-state index in [1.54, 1.807) is 7.11 Å². The van der Waals surface area contributed by atoms with Crippen LogP contribution in [-0.2, 0) is 11.2 Å². The van der Waals surface area contributed by atoms with E-state index in [9.17, 15) is 4.79 Å². The molecule has 1 atom stereocenters. The number of rotatable bonds is 3. The van der Waals surface area contributed by atoms with E-state index in [1.165, 1.54) is 9.14 Å². The highest BCUT2D eigenvalue weighted by atomic mass is 127. The van der Waals surface area contributed by atoms with Crippen LogP contribution in [0.5, 0.6) is 5.75 Å². The van der Waals surface area contributed by atoms with Gasteiger partial charge < -0.3 is 4.74 Å². The summed E-state index contributed by atoms with van der Waals surface area (Å²) >= 11 is 2.32. The van der Waals surface area contributed by atoms with Crippen molar-refractivity contribution >= 4 is 28.4 Å². The van der Waals surface area contributed by atoms with E-state index in [4.69, 9.17) is 4.74 Å². The van der Waals surface area contributed by atoms with E-state index in [1.807, 2.05) is 24.3 Å². The number of ketones is 1. The van der Waals surface area contributed by atoms with Gasteiger partial charge in [0.05, 0.1) is 7.11 Å². The summed E-state index contributed by atoms with van der Waals surface area (Å²) in [6, 6.07) is 7.94. The lowest BCUT2D eigenvalue weighted by molar-refractivity contribution is -0.121. The summed E-state index contributed by atoms with van der Waals surface area (Å²) in [5.74, 6) is 1.28. The minimum Gasteiger partial charge on any atom is -0.497 e. The number of hydrogen-bond acceptors (Lipinski definition) is 2. The zero-order chi connectivity index (χ0) is 12.3. The van der Waals surface area contributed by atoms with Gasteiger partial charge in [-0.15, -0.1) is 0 Å². The van der Waals surface area contributed by atoms with Gasteiger partial charge in [0.25, 0.3) is 0 Å². The first-order chi connectivity index (χ1) is 8.19. The van der Waals surface area contributed by atoms with Gasteiger partial charge in [-0.25, -0.2) is 0 Å². The number of methoxy groups -OCH3 is 1. The summed E-state index contributed by atoms with van der Waals surface area (Å²) < 4.78 is 6.42. The molecule has 0 aromatic heterocycles. The molecule has 1 unspecified atom stereocenters. The Hall–Kier alpha value is -0.840. The molecule has 1 aromatic carbocycles. The normalized spacial score (nSPS) is 20.0. The molecule has 1 aliphatic rings. The second-order valence-electron chi connectivity index (χ2n) is 4.24. The van der Waals surface area contributed by atoms with Gasteiger partial charge in [-0.1, -0.05) is 18.2 Å². The summed E-state index contributed by atoms with van der Waals surface area (Å²) in [6.07, 6.45) is 4.51. The van der Waals surface area contributed by atoms with Gasteiger partial charge in [-0.05, 0) is 56.7 Å². The molecule has 17 heavy (non-hydrogen) atoms. The van der Waals surface area contributed by atoms with Gasteiger partial charge in [0, 0.05) is 12.3 Å². The zero-order valence-corrected chi connectivity index (χ0v) is 11.9. The first-order valence-corrected chi connectivity index (χ1v) is 6.79. The smallest absolute Gasteiger partial charge is 0.140 e. The van der Waals surface area contributed by atoms with Crippen LogP contribution in [-0.4, -0.2) is 12.9 Å². The van der Waals surface area contributed by atoms with Crippen LogP contribution in [0.25, 0.3) is 0 Å². The SMILES string of the molecule is COc1ccc(CC2C=C(I)CCC2=O)cc1. The fraction of sp³-hybridized carbons (Fsp3) is 0.357. The third-order valence-electron chi connectivity index (χ3n) is 3.02. The minimum atomic E-state index is 0.0593. The van der Waals surface area contributed by atoms with Crippen molar-refractivity contribution in [2.75, 3.05) is 7.11 Å². The Morgan fingerprint density at radius 2 is 2.00 bits per heavy atom. The average molecular weight is 342 g/mol. The summed E-state index contributed by atoms with van der Waals surface area (Å²) in [7, 11) is 1.66. The topological polar surface area (TPSA) is 26.3 Å². The standard InChI is InChI=1S/C14H15IO2/c1-17-13-5-2-10(3-6-13)8-11-9-12(15)4-7-14(11)16/h2-3,5-6,9,11H,4,7-8H2,1H3. The third-order valence-corrected chi connectivity index (χ3v) is 3.92. The van der Waals surface area contributed by atoms with E-state index in [0.29, 0.717) is 12.2 Å². The molecule has 90 valence electrons. The summed E-state index contributed by atoms with van der Waals surface area (Å²) in [4.78, 5) is 11.8. The molecule has 0 saturated carbocycles. The van der Waals surface area contributed by atoms with Crippen molar-refractivity contribution < 1.29 is 9.53 Å². The van der Waals surface area contributed by atoms with Crippen molar-refractivity contribution in [3.05, 3.63) is 39.5 Å². The summed E-state index contributed by atoms with van der Waals surface area (Å²) in [6.45, 7) is 0. The van der Waals surface area contributed by atoms with Gasteiger partial charge in [0.2, 0.25) is 0 Å². The second kappa shape index (κ2) is 5.67. The molecule has 2 nitrogen and oxygen atoms in total. The molecule has 2 rings (SSSR count). The quantitative estimate of drug-likeness (QED) is 0.786. The van der Waals surface area contributed by atoms with Gasteiger partial charge in [0.1, 0.15) is 11.5 Å². The van der Waals surface area contributed by atoms with E-state index >= 15 is 0 Å². The minimum absolute atomic E-state index is 0.0593. The van der Waals surface area contributed by atoms with Gasteiger partial charge >= 0.3 is 0 Å². The van der Waals surface area contributed by atoms with Crippen molar-refractivity contribution in [3.8, 4) is 5.75 Å². The monoisotopic (exact) mass is 342 g/mol. The Labute approximate surface area is 115 Å². The van der Waals surface area contributed by atoms with Crippen LogP contribution in [0.4, 0.5) is 0 Å². The number of halogens is 1. The Kier molecular flexibility index (Phi) is 4.20. The molecule has 1 aliphatic carbocycles. The van der Waals surface area contributed by atoms with Crippen LogP contribution in [0, 0.1) is 5.92 Å². The molecule has 0 amide bonds. The molecular weight excluding hydrogens is 327 g/mol. The lowest BCUT2D eigenvalue weighted by atomic mass is 9.89. The number of ether oxygens (including phenoxy) is 1. The summed E-state index contributed by atoms with van der Waals surface area (Å²) in [5, 5.41) is 0. The fourth-order valence-electron chi connectivity index (χ4n) is 2.01. The lowest BCUT2D eigenvalue weighted by Crippen LogP contribution is -2.18. The Morgan fingerprint density at radius 3 is 2.65 bits per heavy atom. The zero-order valence-electron chi connectivity index (χ0n) is 9.78. The fourth-order valence-corrected chi connectivity index (χ4v) is 2.71. The molecular formula is C14H15IO2. The molecule has 0 aliphatic heterocycles. The first kappa shape index (κ1) is 12.6. The van der Waals surface area contributed by atoms with E-state index in [0.717, 1.165) is 18.6 Å². The van der Waals surface area contributed by atoms with Crippen molar-refractivity contribution in [1.29, 1.82) is 0 Å². The predicted octanol–water partition coefficient (Wildman–Crippen LogP) is 3.54. The molecule has 0 fully saturated rings. The molecule has 3 heteroatoms. The number of hydrogen-bond donors (Lipinski definition) is 0. The summed E-state index contributed by atoms with van der Waals surface area (Å²) in [5.41, 5.74) is 1.19. The molecule has 0 N–H and O–H groups in total. The maximum atomic E-state index is 11.8. The second-order valence-corrected chi connectivity index (χ2v) is 5.62. The molecule has 0 radical (unpaired) electrons. The van der Waals surface area contributed by atoms with Crippen molar-refractivity contribution in [3.63, 3.8) is 0 Å². The van der Waals surface area contributed by atoms with Crippen LogP contribution in [0.1, 0.15) is 18.4 Å². The number of carbonyl (C=O) groups excluding carboxylic acids is 1. The molecule has 1 aromatic rings. The van der Waals surface area contributed by atoms with Crippen molar-refractivity contribution in [1.82, 2.24) is 0 Å². The molecule has 0 spiro atoms. The van der Waals surface area contributed by atoms with Gasteiger partial charge in [-0.2, -0.15) is 0 Å². The van der Waals surface area contributed by atoms with Crippen molar-refractivity contribution in [2.45, 2.75) is 19.3 Å². The van der Waals surface area contributed by atoms with Crippen LogP contribution in [0.15, 0.2) is 33.9 Å². The van der Waals surface area contributed by atoms with Crippen LogP contribution < -0.4 is 4.74 Å². The van der Waals surface area contributed by atoms with E-state index < -0.39 is 0 Å². The number of allylic oxidation sites excluding steroid dienone is 2. The molecule has 0 bridgehead atoms.